The second kappa shape index (κ2) is 3.96. The van der Waals surface area contributed by atoms with Crippen molar-refractivity contribution in [2.75, 3.05) is 0 Å². The third kappa shape index (κ3) is 1.74. The van der Waals surface area contributed by atoms with E-state index in [1.54, 1.807) is 6.20 Å². The molecule has 0 fully saturated rings. The number of halogens is 1. The first-order valence-electron chi connectivity index (χ1n) is 5.31. The van der Waals surface area contributed by atoms with Crippen LogP contribution in [0, 0.1) is 6.92 Å². The number of hydrogen-bond donors (Lipinski definition) is 0. The van der Waals surface area contributed by atoms with Crippen LogP contribution in [0.4, 0.5) is 0 Å². The second-order valence-corrected chi connectivity index (χ2v) is 4.76. The van der Waals surface area contributed by atoms with Crippen molar-refractivity contribution in [2.24, 2.45) is 0 Å². The summed E-state index contributed by atoms with van der Waals surface area (Å²) in [7, 11) is 0. The van der Waals surface area contributed by atoms with Gasteiger partial charge in [0.25, 0.3) is 0 Å². The van der Waals surface area contributed by atoms with E-state index in [9.17, 15) is 0 Å². The summed E-state index contributed by atoms with van der Waals surface area (Å²) in [5.74, 6) is 0.739. The van der Waals surface area contributed by atoms with Crippen molar-refractivity contribution in [1.29, 1.82) is 0 Å². The van der Waals surface area contributed by atoms with E-state index >= 15 is 0 Å². The molecule has 0 spiro atoms. The molecule has 0 N–H and O–H groups in total. The van der Waals surface area contributed by atoms with E-state index in [0.717, 1.165) is 27.2 Å². The van der Waals surface area contributed by atoms with Crippen LogP contribution in [0.15, 0.2) is 47.2 Å². The Bertz CT molecular complexity index is 671. The minimum absolute atomic E-state index is 0.739. The summed E-state index contributed by atoms with van der Waals surface area (Å²) in [5, 5.41) is 0. The molecule has 0 bridgehead atoms. The quantitative estimate of drug-likeness (QED) is 0.686. The van der Waals surface area contributed by atoms with Gasteiger partial charge in [-0.25, -0.2) is 9.97 Å². The lowest BCUT2D eigenvalue weighted by Crippen LogP contribution is -1.89. The van der Waals surface area contributed by atoms with Crippen LogP contribution < -0.4 is 0 Å². The molecule has 0 aliphatic carbocycles. The maximum atomic E-state index is 4.45. The Balaban J connectivity index is 2.29. The molecule has 84 valence electrons. The highest BCUT2D eigenvalue weighted by Crippen LogP contribution is 2.25. The van der Waals surface area contributed by atoms with E-state index in [2.05, 4.69) is 38.0 Å². The summed E-state index contributed by atoms with van der Waals surface area (Å²) in [4.78, 5) is 8.70. The predicted octanol–water partition coefficient (Wildman–Crippen LogP) is 3.47. The highest BCUT2D eigenvalue weighted by Gasteiger charge is 2.10. The fraction of sp³-hybridized carbons (Fsp3) is 0.0769. The number of nitrogens with zero attached hydrogens (tertiary/aromatic N) is 3. The van der Waals surface area contributed by atoms with Crippen LogP contribution in [0.5, 0.6) is 0 Å². The van der Waals surface area contributed by atoms with Crippen LogP contribution in [0.1, 0.15) is 5.69 Å². The van der Waals surface area contributed by atoms with Crippen molar-refractivity contribution >= 4 is 21.7 Å². The molecular formula is C13H10BrN3. The maximum absolute atomic E-state index is 4.45. The lowest BCUT2D eigenvalue weighted by atomic mass is 10.1. The second-order valence-electron chi connectivity index (χ2n) is 3.84. The first-order valence-corrected chi connectivity index (χ1v) is 6.10. The van der Waals surface area contributed by atoms with E-state index in [4.69, 9.17) is 0 Å². The molecule has 0 aliphatic heterocycles. The van der Waals surface area contributed by atoms with Crippen molar-refractivity contribution in [2.45, 2.75) is 6.92 Å². The van der Waals surface area contributed by atoms with E-state index in [0.29, 0.717) is 0 Å². The molecule has 0 saturated heterocycles. The van der Waals surface area contributed by atoms with Crippen molar-refractivity contribution in [3.8, 4) is 11.3 Å². The monoisotopic (exact) mass is 287 g/mol. The normalized spacial score (nSPS) is 10.9. The number of hydrogen-bond acceptors (Lipinski definition) is 2. The Morgan fingerprint density at radius 2 is 1.94 bits per heavy atom. The lowest BCUT2D eigenvalue weighted by molar-refractivity contribution is 1.11. The molecule has 17 heavy (non-hydrogen) atoms. The molecule has 3 nitrogen and oxygen atoms in total. The van der Waals surface area contributed by atoms with Gasteiger partial charge >= 0.3 is 0 Å². The van der Waals surface area contributed by atoms with E-state index in [1.807, 2.05) is 35.7 Å². The third-order valence-electron chi connectivity index (χ3n) is 2.70. The lowest BCUT2D eigenvalue weighted by Gasteiger charge is -2.02. The molecule has 0 amide bonds. The van der Waals surface area contributed by atoms with Crippen LogP contribution in [0.2, 0.25) is 0 Å². The molecule has 0 unspecified atom stereocenters. The van der Waals surface area contributed by atoms with Gasteiger partial charge in [0.1, 0.15) is 0 Å². The smallest absolute Gasteiger partial charge is 0.234 e. The largest absolute Gasteiger partial charge is 0.283 e. The first kappa shape index (κ1) is 10.5. The summed E-state index contributed by atoms with van der Waals surface area (Å²) < 4.78 is 3.09. The van der Waals surface area contributed by atoms with Crippen molar-refractivity contribution in [1.82, 2.24) is 14.4 Å². The van der Waals surface area contributed by atoms with Gasteiger partial charge < -0.3 is 0 Å². The number of aromatic nitrogens is 3. The van der Waals surface area contributed by atoms with Crippen LogP contribution in [0.25, 0.3) is 17.0 Å². The van der Waals surface area contributed by atoms with Crippen LogP contribution in [-0.2, 0) is 0 Å². The summed E-state index contributed by atoms with van der Waals surface area (Å²) in [6, 6.07) is 10.1. The minimum Gasteiger partial charge on any atom is -0.283 e. The molecule has 0 radical (unpaired) electrons. The highest BCUT2D eigenvalue weighted by atomic mass is 79.9. The number of fused-ring (bicyclic) bond motifs is 1. The molecule has 2 aromatic heterocycles. The van der Waals surface area contributed by atoms with E-state index in [-0.39, 0.29) is 0 Å². The molecule has 3 aromatic rings. The summed E-state index contributed by atoms with van der Waals surface area (Å²) in [6.07, 6.45) is 3.74. The van der Waals surface area contributed by atoms with Gasteiger partial charge in [0.15, 0.2) is 0 Å². The Kier molecular flexibility index (Phi) is 2.44. The maximum Gasteiger partial charge on any atom is 0.234 e. The molecule has 1 aromatic carbocycles. The molecular weight excluding hydrogens is 278 g/mol. The Morgan fingerprint density at radius 1 is 1.18 bits per heavy atom. The van der Waals surface area contributed by atoms with Gasteiger partial charge in [-0.15, -0.1) is 0 Å². The average Bonchev–Trinajstić information content (AvgIpc) is 2.66. The van der Waals surface area contributed by atoms with E-state index < -0.39 is 0 Å². The van der Waals surface area contributed by atoms with E-state index in [1.165, 1.54) is 0 Å². The van der Waals surface area contributed by atoms with Crippen molar-refractivity contribution in [3.63, 3.8) is 0 Å². The molecule has 2 heterocycles. The zero-order valence-corrected chi connectivity index (χ0v) is 10.8. The zero-order chi connectivity index (χ0) is 11.8. The fourth-order valence-electron chi connectivity index (χ4n) is 1.95. The predicted molar refractivity (Wildman–Crippen MR) is 70.9 cm³/mol. The molecule has 3 rings (SSSR count). The summed E-state index contributed by atoms with van der Waals surface area (Å²) in [5.41, 5.74) is 3.23. The van der Waals surface area contributed by atoms with Gasteiger partial charge in [-0.2, -0.15) is 0 Å². The fourth-order valence-corrected chi connectivity index (χ4v) is 2.22. The first-order chi connectivity index (χ1) is 8.25. The summed E-state index contributed by atoms with van der Waals surface area (Å²) in [6.45, 7) is 2.01. The van der Waals surface area contributed by atoms with Crippen LogP contribution in [-0.4, -0.2) is 14.4 Å². The molecule has 0 atom stereocenters. The topological polar surface area (TPSA) is 30.2 Å². The minimum atomic E-state index is 0.739. The Hall–Kier alpha value is -1.68. The van der Waals surface area contributed by atoms with Crippen LogP contribution >= 0.6 is 15.9 Å². The van der Waals surface area contributed by atoms with Crippen molar-refractivity contribution in [3.05, 3.63) is 52.9 Å². The van der Waals surface area contributed by atoms with Gasteiger partial charge in [-0.3, -0.25) is 4.40 Å². The molecule has 0 aliphatic rings. The van der Waals surface area contributed by atoms with Gasteiger partial charge in [-0.1, -0.05) is 28.1 Å². The molecule has 0 saturated carbocycles. The van der Waals surface area contributed by atoms with Gasteiger partial charge in [0.2, 0.25) is 5.78 Å². The Labute approximate surface area is 107 Å². The van der Waals surface area contributed by atoms with Gasteiger partial charge in [0, 0.05) is 22.4 Å². The molecule has 4 heteroatoms. The number of benzene rings is 1. The van der Waals surface area contributed by atoms with Gasteiger partial charge in [-0.05, 0) is 25.1 Å². The number of imidazole rings is 1. The Morgan fingerprint density at radius 3 is 2.71 bits per heavy atom. The third-order valence-corrected chi connectivity index (χ3v) is 3.22. The SMILES string of the molecule is Cc1nc2ncccn2c1-c1ccc(Br)cc1. The number of rotatable bonds is 1. The van der Waals surface area contributed by atoms with Crippen LogP contribution in [0.3, 0.4) is 0 Å². The van der Waals surface area contributed by atoms with Gasteiger partial charge in [0.05, 0.1) is 11.4 Å². The summed E-state index contributed by atoms with van der Waals surface area (Å²) >= 11 is 3.44. The zero-order valence-electron chi connectivity index (χ0n) is 9.26. The average molecular weight is 288 g/mol. The van der Waals surface area contributed by atoms with Crippen molar-refractivity contribution < 1.29 is 0 Å². The number of aryl methyl sites for hydroxylation is 1. The standard InChI is InChI=1S/C13H10BrN3/c1-9-12(10-3-5-11(14)6-4-10)17-8-2-7-15-13(17)16-9/h2-8H,1H3. The highest BCUT2D eigenvalue weighted by molar-refractivity contribution is 9.10.